The van der Waals surface area contributed by atoms with Gasteiger partial charge in [0.2, 0.25) is 5.91 Å². The van der Waals surface area contributed by atoms with Crippen LogP contribution < -0.4 is 20.7 Å². The number of aliphatic imine (C=N–C) groups is 1. The van der Waals surface area contributed by atoms with Crippen LogP contribution >= 0.6 is 24.0 Å². The molecule has 0 aliphatic carbocycles. The molecule has 1 unspecified atom stereocenters. The Balaban J connectivity index is 0.00000450. The van der Waals surface area contributed by atoms with E-state index in [4.69, 9.17) is 4.74 Å². The van der Waals surface area contributed by atoms with Crippen molar-refractivity contribution >= 4 is 35.8 Å². The molecule has 0 spiro atoms. The maximum absolute atomic E-state index is 12.1. The minimum atomic E-state index is -1.12. The normalized spacial score (nSPS) is 13.0. The lowest BCUT2D eigenvalue weighted by Crippen LogP contribution is -2.45. The summed E-state index contributed by atoms with van der Waals surface area (Å²) in [6.45, 7) is 4.87. The van der Waals surface area contributed by atoms with Crippen LogP contribution in [0.1, 0.15) is 25.0 Å². The van der Waals surface area contributed by atoms with E-state index in [0.29, 0.717) is 24.6 Å². The molecule has 4 N–H and O–H groups in total. The minimum Gasteiger partial charge on any atom is -0.497 e. The summed E-state index contributed by atoms with van der Waals surface area (Å²) in [4.78, 5) is 16.4. The molecule has 0 saturated carbocycles. The monoisotopic (exact) mass is 530 g/mol. The topological polar surface area (TPSA) is 113 Å². The molecule has 0 aliphatic rings. The second-order valence-corrected chi connectivity index (χ2v) is 6.85. The molecule has 1 amide bonds. The van der Waals surface area contributed by atoms with Gasteiger partial charge in [-0.15, -0.1) is 24.0 Å². The highest BCUT2D eigenvalue weighted by Gasteiger charge is 2.25. The number of methoxy groups -OCH3 is 1. The van der Waals surface area contributed by atoms with Crippen molar-refractivity contribution < 1.29 is 14.6 Å². The number of rotatable bonds is 9. The van der Waals surface area contributed by atoms with Crippen molar-refractivity contribution in [1.29, 1.82) is 0 Å². The van der Waals surface area contributed by atoms with Crippen LogP contribution in [0.25, 0.3) is 0 Å². The number of aliphatic hydroxyl groups is 1. The molecule has 2 rings (SSSR count). The molecule has 2 aromatic rings. The van der Waals surface area contributed by atoms with Crippen LogP contribution in [0.4, 0.5) is 0 Å². The van der Waals surface area contributed by atoms with E-state index in [1.807, 2.05) is 31.2 Å². The van der Waals surface area contributed by atoms with Gasteiger partial charge in [-0.2, -0.15) is 5.10 Å². The van der Waals surface area contributed by atoms with E-state index in [1.54, 1.807) is 38.2 Å². The van der Waals surface area contributed by atoms with Gasteiger partial charge in [-0.25, -0.2) is 4.99 Å². The van der Waals surface area contributed by atoms with Crippen LogP contribution in [-0.4, -0.2) is 53.5 Å². The molecular weight excluding hydrogens is 499 g/mol. The summed E-state index contributed by atoms with van der Waals surface area (Å²) in [6, 6.07) is 7.49. The number of carbonyl (C=O) groups excluding carboxylic acids is 1. The number of guanidine groups is 1. The Hall–Kier alpha value is -2.34. The molecule has 0 bridgehead atoms. The number of carbonyl (C=O) groups is 1. The number of halogens is 1. The molecule has 1 heterocycles. The van der Waals surface area contributed by atoms with Crippen molar-refractivity contribution in [3.05, 3.63) is 47.8 Å². The lowest BCUT2D eigenvalue weighted by Gasteiger charge is -2.23. The summed E-state index contributed by atoms with van der Waals surface area (Å²) in [5.74, 6) is 1.03. The van der Waals surface area contributed by atoms with E-state index >= 15 is 0 Å². The van der Waals surface area contributed by atoms with Gasteiger partial charge in [0.05, 0.1) is 19.9 Å². The molecule has 10 heteroatoms. The predicted octanol–water partition coefficient (Wildman–Crippen LogP) is 1.13. The van der Waals surface area contributed by atoms with Crippen LogP contribution in [0.5, 0.6) is 5.75 Å². The van der Waals surface area contributed by atoms with Gasteiger partial charge in [0.1, 0.15) is 17.9 Å². The zero-order valence-corrected chi connectivity index (χ0v) is 20.1. The number of aromatic nitrogens is 2. The van der Waals surface area contributed by atoms with Gasteiger partial charge in [-0.1, -0.05) is 12.1 Å². The first kappa shape index (κ1) is 25.7. The Bertz CT molecular complexity index is 820. The van der Waals surface area contributed by atoms with E-state index < -0.39 is 5.60 Å². The number of aryl methyl sites for hydroxylation is 1. The summed E-state index contributed by atoms with van der Waals surface area (Å²) in [5, 5.41) is 23.7. The molecule has 1 aromatic heterocycles. The summed E-state index contributed by atoms with van der Waals surface area (Å²) in [6.07, 6.45) is 3.39. The number of nitrogens with zero attached hydrogens (tertiary/aromatic N) is 3. The molecule has 0 saturated heterocycles. The quantitative estimate of drug-likeness (QED) is 0.220. The second kappa shape index (κ2) is 12.4. The van der Waals surface area contributed by atoms with Crippen molar-refractivity contribution in [2.24, 2.45) is 12.0 Å². The highest BCUT2D eigenvalue weighted by Crippen LogP contribution is 2.18. The van der Waals surface area contributed by atoms with Crippen molar-refractivity contribution in [2.75, 3.05) is 26.7 Å². The lowest BCUT2D eigenvalue weighted by atomic mass is 10.00. The molecule has 1 aromatic carbocycles. The van der Waals surface area contributed by atoms with Gasteiger partial charge in [0.25, 0.3) is 0 Å². The Kier molecular flexibility index (Phi) is 10.6. The van der Waals surface area contributed by atoms with E-state index in [9.17, 15) is 9.90 Å². The van der Waals surface area contributed by atoms with Gasteiger partial charge < -0.3 is 25.8 Å². The van der Waals surface area contributed by atoms with Crippen LogP contribution in [0, 0.1) is 0 Å². The highest BCUT2D eigenvalue weighted by atomic mass is 127. The summed E-state index contributed by atoms with van der Waals surface area (Å²) >= 11 is 0. The maximum Gasteiger partial charge on any atom is 0.242 e. The molecule has 30 heavy (non-hydrogen) atoms. The Morgan fingerprint density at radius 2 is 1.97 bits per heavy atom. The zero-order valence-electron chi connectivity index (χ0n) is 17.8. The maximum atomic E-state index is 12.1. The van der Waals surface area contributed by atoms with Gasteiger partial charge in [0.15, 0.2) is 5.96 Å². The van der Waals surface area contributed by atoms with Gasteiger partial charge >= 0.3 is 0 Å². The Morgan fingerprint density at radius 3 is 2.53 bits per heavy atom. The fourth-order valence-corrected chi connectivity index (χ4v) is 2.55. The van der Waals surface area contributed by atoms with Gasteiger partial charge in [-0.05, 0) is 31.5 Å². The zero-order chi connectivity index (χ0) is 21.3. The number of hydrogen-bond donors (Lipinski definition) is 4. The molecule has 0 aliphatic heterocycles. The molecule has 0 fully saturated rings. The molecule has 1 atom stereocenters. The Morgan fingerprint density at radius 1 is 1.27 bits per heavy atom. The Labute approximate surface area is 194 Å². The first-order valence-corrected chi connectivity index (χ1v) is 9.47. The van der Waals surface area contributed by atoms with Crippen LogP contribution in [-0.2, 0) is 24.0 Å². The van der Waals surface area contributed by atoms with Crippen molar-refractivity contribution in [3.63, 3.8) is 0 Å². The molecular formula is C20H31IN6O3. The van der Waals surface area contributed by atoms with E-state index in [1.165, 1.54) is 0 Å². The van der Waals surface area contributed by atoms with Crippen LogP contribution in [0.3, 0.4) is 0 Å². The lowest BCUT2D eigenvalue weighted by molar-refractivity contribution is -0.119. The number of amides is 1. The SMILES string of the molecule is CCNC(=NCC(=O)NCc1ccc(OC)cc1)NCC(C)(O)c1cnn(C)c1.I. The van der Waals surface area contributed by atoms with Gasteiger partial charge in [-0.3, -0.25) is 9.48 Å². The largest absolute Gasteiger partial charge is 0.497 e. The van der Waals surface area contributed by atoms with E-state index in [2.05, 4.69) is 26.0 Å². The number of nitrogens with one attached hydrogen (secondary N) is 3. The average Bonchev–Trinajstić information content (AvgIpc) is 3.16. The highest BCUT2D eigenvalue weighted by molar-refractivity contribution is 14.0. The standard InChI is InChI=1S/C20H30N6O3.HI/c1-5-21-19(24-14-20(2,28)16-11-25-26(3)13-16)23-12-18(27)22-10-15-6-8-17(29-4)9-7-15;/h6-9,11,13,28H,5,10,12,14H2,1-4H3,(H,22,27)(H2,21,23,24);1H. The second-order valence-electron chi connectivity index (χ2n) is 6.85. The third kappa shape index (κ3) is 8.19. The first-order chi connectivity index (χ1) is 13.8. The van der Waals surface area contributed by atoms with E-state index in [0.717, 1.165) is 11.3 Å². The summed E-state index contributed by atoms with van der Waals surface area (Å²) < 4.78 is 6.75. The number of hydrogen-bond acceptors (Lipinski definition) is 5. The summed E-state index contributed by atoms with van der Waals surface area (Å²) in [5.41, 5.74) is 0.544. The van der Waals surface area contributed by atoms with Crippen LogP contribution in [0.2, 0.25) is 0 Å². The first-order valence-electron chi connectivity index (χ1n) is 9.47. The number of ether oxygens (including phenoxy) is 1. The van der Waals surface area contributed by atoms with Crippen molar-refractivity contribution in [1.82, 2.24) is 25.7 Å². The fraction of sp³-hybridized carbons (Fsp3) is 0.450. The molecule has 9 nitrogen and oxygen atoms in total. The number of benzene rings is 1. The third-order valence-corrected chi connectivity index (χ3v) is 4.30. The smallest absolute Gasteiger partial charge is 0.242 e. The van der Waals surface area contributed by atoms with Gasteiger partial charge in [0, 0.05) is 31.9 Å². The molecule has 0 radical (unpaired) electrons. The van der Waals surface area contributed by atoms with Crippen LogP contribution in [0.15, 0.2) is 41.7 Å². The fourth-order valence-electron chi connectivity index (χ4n) is 2.55. The van der Waals surface area contributed by atoms with E-state index in [-0.39, 0.29) is 43.0 Å². The third-order valence-electron chi connectivity index (χ3n) is 4.30. The molecule has 166 valence electrons. The minimum absolute atomic E-state index is 0. The predicted molar refractivity (Wildman–Crippen MR) is 127 cm³/mol. The summed E-state index contributed by atoms with van der Waals surface area (Å²) in [7, 11) is 3.41. The average molecular weight is 530 g/mol. The van der Waals surface area contributed by atoms with Crippen molar-refractivity contribution in [3.8, 4) is 5.75 Å². The van der Waals surface area contributed by atoms with Crippen molar-refractivity contribution in [2.45, 2.75) is 26.0 Å².